The molecule has 158 valence electrons. The fourth-order valence-corrected chi connectivity index (χ4v) is 3.62. The van der Waals surface area contributed by atoms with Crippen molar-refractivity contribution in [2.75, 3.05) is 13.3 Å². The smallest absolute Gasteiger partial charge is 0.407 e. The molecule has 0 aromatic heterocycles. The van der Waals surface area contributed by atoms with E-state index in [1.54, 1.807) is 13.8 Å². The highest BCUT2D eigenvalue weighted by Crippen LogP contribution is 2.44. The van der Waals surface area contributed by atoms with Crippen LogP contribution in [0.4, 0.5) is 4.79 Å². The molecule has 2 aromatic rings. The van der Waals surface area contributed by atoms with Gasteiger partial charge in [0.15, 0.2) is 6.73 Å². The molecule has 7 heteroatoms. The van der Waals surface area contributed by atoms with Crippen LogP contribution in [0.3, 0.4) is 0 Å². The molecule has 0 bridgehead atoms. The number of benzene rings is 2. The summed E-state index contributed by atoms with van der Waals surface area (Å²) in [7, 11) is 0. The molecule has 2 N–H and O–H groups in total. The van der Waals surface area contributed by atoms with Gasteiger partial charge >= 0.3 is 12.1 Å². The molecule has 0 aliphatic heterocycles. The Labute approximate surface area is 175 Å². The fraction of sp³-hybridized carbons (Fsp3) is 0.348. The van der Waals surface area contributed by atoms with Crippen molar-refractivity contribution in [3.8, 4) is 11.1 Å². The van der Waals surface area contributed by atoms with Crippen LogP contribution < -0.4 is 10.6 Å². The molecule has 0 saturated heterocycles. The largest absolute Gasteiger partial charge is 0.449 e. The lowest BCUT2D eigenvalue weighted by molar-refractivity contribution is -0.143. The highest BCUT2D eigenvalue weighted by Gasteiger charge is 2.30. The molecule has 1 aliphatic carbocycles. The first-order valence-electron chi connectivity index (χ1n) is 9.91. The van der Waals surface area contributed by atoms with E-state index in [1.807, 2.05) is 36.4 Å². The Morgan fingerprint density at radius 1 is 0.933 bits per heavy atom. The maximum atomic E-state index is 12.4. The Hall–Kier alpha value is -3.35. The zero-order valence-corrected chi connectivity index (χ0v) is 17.3. The average Bonchev–Trinajstić information content (AvgIpc) is 3.03. The number of carbonyl (C=O) groups is 3. The molecular formula is C23H26N2O5. The van der Waals surface area contributed by atoms with E-state index in [0.29, 0.717) is 0 Å². The molecule has 0 saturated carbocycles. The van der Waals surface area contributed by atoms with Crippen LogP contribution in [0.1, 0.15) is 37.8 Å². The van der Waals surface area contributed by atoms with E-state index < -0.39 is 24.0 Å². The van der Waals surface area contributed by atoms with Gasteiger partial charge in [-0.3, -0.25) is 9.59 Å². The number of esters is 1. The number of amides is 2. The predicted octanol–water partition coefficient (Wildman–Crippen LogP) is 3.19. The van der Waals surface area contributed by atoms with Crippen molar-refractivity contribution in [2.24, 2.45) is 5.92 Å². The first kappa shape index (κ1) is 21.4. The average molecular weight is 410 g/mol. The first-order valence-corrected chi connectivity index (χ1v) is 9.91. The van der Waals surface area contributed by atoms with Gasteiger partial charge in [-0.25, -0.2) is 4.79 Å². The van der Waals surface area contributed by atoms with Crippen molar-refractivity contribution in [2.45, 2.75) is 32.7 Å². The maximum absolute atomic E-state index is 12.4. The zero-order chi connectivity index (χ0) is 21.7. The number of ether oxygens (including phenoxy) is 2. The molecule has 0 radical (unpaired) electrons. The van der Waals surface area contributed by atoms with E-state index in [4.69, 9.17) is 9.47 Å². The third-order valence-electron chi connectivity index (χ3n) is 5.09. The van der Waals surface area contributed by atoms with Crippen LogP contribution in [0, 0.1) is 5.92 Å². The zero-order valence-electron chi connectivity index (χ0n) is 17.3. The molecule has 1 aliphatic rings. The first-order chi connectivity index (χ1) is 14.4. The number of nitrogens with one attached hydrogen (secondary N) is 2. The quantitative estimate of drug-likeness (QED) is 0.540. The molecule has 7 nitrogen and oxygen atoms in total. The summed E-state index contributed by atoms with van der Waals surface area (Å²) < 4.78 is 10.2. The Balaban J connectivity index is 1.62. The molecule has 0 heterocycles. The van der Waals surface area contributed by atoms with Crippen LogP contribution >= 0.6 is 0 Å². The maximum Gasteiger partial charge on any atom is 0.407 e. The molecule has 2 amide bonds. The third kappa shape index (κ3) is 4.79. The third-order valence-corrected chi connectivity index (χ3v) is 5.09. The Bertz CT molecular complexity index is 895. The molecule has 0 fully saturated rings. The number of fused-ring (bicyclic) bond motifs is 3. The number of alkyl carbamates (subject to hydrolysis) is 1. The van der Waals surface area contributed by atoms with Crippen molar-refractivity contribution in [3.05, 3.63) is 59.7 Å². The Kier molecular flexibility index (Phi) is 6.72. The summed E-state index contributed by atoms with van der Waals surface area (Å²) in [5, 5.41) is 5.08. The van der Waals surface area contributed by atoms with Gasteiger partial charge in [-0.15, -0.1) is 0 Å². The van der Waals surface area contributed by atoms with Gasteiger partial charge in [0.25, 0.3) is 0 Å². The van der Waals surface area contributed by atoms with Gasteiger partial charge in [-0.2, -0.15) is 0 Å². The summed E-state index contributed by atoms with van der Waals surface area (Å²) in [6, 6.07) is 15.3. The van der Waals surface area contributed by atoms with E-state index in [9.17, 15) is 14.4 Å². The molecule has 2 aromatic carbocycles. The predicted molar refractivity (Wildman–Crippen MR) is 112 cm³/mol. The summed E-state index contributed by atoms with van der Waals surface area (Å²) >= 11 is 0. The van der Waals surface area contributed by atoms with Crippen molar-refractivity contribution < 1.29 is 23.9 Å². The second kappa shape index (κ2) is 9.43. The Morgan fingerprint density at radius 3 is 2.03 bits per heavy atom. The molecule has 1 atom stereocenters. The van der Waals surface area contributed by atoms with Crippen molar-refractivity contribution in [3.63, 3.8) is 0 Å². The molecule has 3 rings (SSSR count). The van der Waals surface area contributed by atoms with E-state index in [-0.39, 0.29) is 25.2 Å². The van der Waals surface area contributed by atoms with E-state index >= 15 is 0 Å². The summed E-state index contributed by atoms with van der Waals surface area (Å²) in [4.78, 5) is 35.6. The lowest BCUT2D eigenvalue weighted by Gasteiger charge is -2.22. The van der Waals surface area contributed by atoms with Crippen LogP contribution in [-0.2, 0) is 19.1 Å². The highest BCUT2D eigenvalue weighted by molar-refractivity contribution is 5.86. The summed E-state index contributed by atoms with van der Waals surface area (Å²) in [5.74, 6) is -1.18. The lowest BCUT2D eigenvalue weighted by atomic mass is 9.98. The van der Waals surface area contributed by atoms with Crippen LogP contribution in [0.5, 0.6) is 0 Å². The highest BCUT2D eigenvalue weighted by atomic mass is 16.6. The molecule has 30 heavy (non-hydrogen) atoms. The number of hydrogen-bond acceptors (Lipinski definition) is 5. The van der Waals surface area contributed by atoms with E-state index in [0.717, 1.165) is 22.3 Å². The number of carbonyl (C=O) groups excluding carboxylic acids is 3. The van der Waals surface area contributed by atoms with Gasteiger partial charge < -0.3 is 20.1 Å². The van der Waals surface area contributed by atoms with Gasteiger partial charge in [0, 0.05) is 12.8 Å². The van der Waals surface area contributed by atoms with Crippen LogP contribution in [0.2, 0.25) is 0 Å². The monoisotopic (exact) mass is 410 g/mol. The second-order valence-electron chi connectivity index (χ2n) is 7.51. The van der Waals surface area contributed by atoms with Crippen molar-refractivity contribution >= 4 is 18.0 Å². The summed E-state index contributed by atoms with van der Waals surface area (Å²) in [6.07, 6.45) is -0.668. The van der Waals surface area contributed by atoms with E-state index in [2.05, 4.69) is 22.8 Å². The van der Waals surface area contributed by atoms with Crippen LogP contribution in [-0.4, -0.2) is 37.3 Å². The number of hydrogen-bond donors (Lipinski definition) is 2. The second-order valence-corrected chi connectivity index (χ2v) is 7.51. The molecule has 1 unspecified atom stereocenters. The lowest BCUT2D eigenvalue weighted by Crippen LogP contribution is -2.50. The SMILES string of the molecule is CC(=O)OCNC(=O)C(NC(=O)OCC1c2ccccc2-c2ccccc21)C(C)C. The van der Waals surface area contributed by atoms with Crippen LogP contribution in [0.25, 0.3) is 11.1 Å². The minimum Gasteiger partial charge on any atom is -0.449 e. The van der Waals surface area contributed by atoms with Crippen molar-refractivity contribution in [1.82, 2.24) is 10.6 Å². The minimum absolute atomic E-state index is 0.0570. The van der Waals surface area contributed by atoms with E-state index in [1.165, 1.54) is 6.92 Å². The topological polar surface area (TPSA) is 93.7 Å². The van der Waals surface area contributed by atoms with Crippen LogP contribution in [0.15, 0.2) is 48.5 Å². The van der Waals surface area contributed by atoms with Gasteiger partial charge in [-0.1, -0.05) is 62.4 Å². The Morgan fingerprint density at radius 2 is 1.50 bits per heavy atom. The van der Waals surface area contributed by atoms with Gasteiger partial charge in [0.05, 0.1) is 0 Å². The van der Waals surface area contributed by atoms with Gasteiger partial charge in [-0.05, 0) is 28.2 Å². The number of rotatable bonds is 7. The fourth-order valence-electron chi connectivity index (χ4n) is 3.62. The summed E-state index contributed by atoms with van der Waals surface area (Å²) in [5.41, 5.74) is 4.52. The van der Waals surface area contributed by atoms with Crippen molar-refractivity contribution in [1.29, 1.82) is 0 Å². The molecule has 0 spiro atoms. The summed E-state index contributed by atoms with van der Waals surface area (Å²) in [6.45, 7) is 4.78. The minimum atomic E-state index is -0.809. The van der Waals surface area contributed by atoms with Gasteiger partial charge in [0.1, 0.15) is 12.6 Å². The van der Waals surface area contributed by atoms with Gasteiger partial charge in [0.2, 0.25) is 5.91 Å². The normalized spacial score (nSPS) is 13.2. The molecular weight excluding hydrogens is 384 g/mol. The standard InChI is InChI=1S/C23H26N2O5/c1-14(2)21(22(27)24-13-30-15(3)26)25-23(28)29-12-20-18-10-6-4-8-16(18)17-9-5-7-11-19(17)20/h4-11,14,20-21H,12-13H2,1-3H3,(H,24,27)(H,25,28).